The Morgan fingerprint density at radius 1 is 1.03 bits per heavy atom. The van der Waals surface area contributed by atoms with Gasteiger partial charge in [-0.05, 0) is 48.2 Å². The molecule has 1 atom stereocenters. The maximum absolute atomic E-state index is 12.3. The Hall–Kier alpha value is -3.88. The fraction of sp³-hybridized carbons (Fsp3) is 0.333. The summed E-state index contributed by atoms with van der Waals surface area (Å²) in [4.78, 5) is 48.4. The van der Waals surface area contributed by atoms with Crippen LogP contribution in [0.1, 0.15) is 38.2 Å². The molecule has 1 heterocycles. The van der Waals surface area contributed by atoms with Crippen LogP contribution in [0, 0.1) is 0 Å². The molecule has 1 fully saturated rings. The second kappa shape index (κ2) is 11.1. The van der Waals surface area contributed by atoms with Gasteiger partial charge in [0, 0.05) is 24.3 Å². The molecule has 5 amide bonds. The van der Waals surface area contributed by atoms with Gasteiger partial charge in [0.2, 0.25) is 11.8 Å². The van der Waals surface area contributed by atoms with Crippen molar-refractivity contribution in [1.29, 1.82) is 0 Å². The number of urea groups is 1. The molecule has 9 nitrogen and oxygen atoms in total. The first-order valence-electron chi connectivity index (χ1n) is 10.9. The number of para-hydroxylation sites is 1. The average Bonchev–Trinajstić information content (AvgIpc) is 3.14. The number of rotatable bonds is 10. The number of hydrogen-bond acceptors (Lipinski definition) is 5. The highest BCUT2D eigenvalue weighted by Crippen LogP contribution is 2.28. The molecule has 2 aromatic carbocycles. The van der Waals surface area contributed by atoms with Crippen LogP contribution in [0.15, 0.2) is 48.5 Å². The van der Waals surface area contributed by atoms with E-state index in [1.54, 1.807) is 24.3 Å². The smallest absolute Gasteiger partial charge is 0.324 e. The standard InChI is InChI=1S/C24H28N4O5/c1-3-16(2)19-6-4-5-7-20(19)33-15-22(30)27-18-10-8-17(9-11-18)26-21(29)12-13-28-23(31)14-25-24(28)32/h4-11,16H,3,12-15H2,1-2H3,(H,25,32)(H,26,29)(H,27,30). The van der Waals surface area contributed by atoms with E-state index in [0.29, 0.717) is 23.0 Å². The number of benzene rings is 2. The molecular weight excluding hydrogens is 424 g/mol. The maximum atomic E-state index is 12.3. The first-order valence-corrected chi connectivity index (χ1v) is 10.9. The number of nitrogens with one attached hydrogen (secondary N) is 3. The molecule has 1 unspecified atom stereocenters. The van der Waals surface area contributed by atoms with Crippen LogP contribution >= 0.6 is 0 Å². The molecule has 0 spiro atoms. The number of carbonyl (C=O) groups excluding carboxylic acids is 4. The molecule has 1 saturated heterocycles. The normalized spacial score (nSPS) is 13.9. The van der Waals surface area contributed by atoms with Crippen LogP contribution in [0.4, 0.5) is 16.2 Å². The molecule has 9 heteroatoms. The molecule has 33 heavy (non-hydrogen) atoms. The van der Waals surface area contributed by atoms with Crippen LogP contribution in [0.25, 0.3) is 0 Å². The molecular formula is C24H28N4O5. The summed E-state index contributed by atoms with van der Waals surface area (Å²) < 4.78 is 5.73. The minimum atomic E-state index is -0.486. The SMILES string of the molecule is CCC(C)c1ccccc1OCC(=O)Nc1ccc(NC(=O)CCN2C(=O)CNC2=O)cc1. The van der Waals surface area contributed by atoms with Gasteiger partial charge in [-0.15, -0.1) is 0 Å². The summed E-state index contributed by atoms with van der Waals surface area (Å²) >= 11 is 0. The van der Waals surface area contributed by atoms with E-state index in [1.807, 2.05) is 24.3 Å². The van der Waals surface area contributed by atoms with E-state index in [4.69, 9.17) is 4.74 Å². The van der Waals surface area contributed by atoms with Crippen LogP contribution in [0.2, 0.25) is 0 Å². The van der Waals surface area contributed by atoms with Crippen LogP contribution < -0.4 is 20.7 Å². The van der Waals surface area contributed by atoms with Crippen LogP contribution in [0.3, 0.4) is 0 Å². The van der Waals surface area contributed by atoms with Crippen molar-refractivity contribution in [3.8, 4) is 5.75 Å². The Kier molecular flexibility index (Phi) is 8.01. The molecule has 3 rings (SSSR count). The van der Waals surface area contributed by atoms with Crippen molar-refractivity contribution in [3.05, 3.63) is 54.1 Å². The molecule has 174 valence electrons. The van der Waals surface area contributed by atoms with Gasteiger partial charge in [0.1, 0.15) is 5.75 Å². The molecule has 2 aromatic rings. The Balaban J connectivity index is 1.45. The molecule has 0 aromatic heterocycles. The summed E-state index contributed by atoms with van der Waals surface area (Å²) in [7, 11) is 0. The number of anilines is 2. The summed E-state index contributed by atoms with van der Waals surface area (Å²) in [5, 5.41) is 7.87. The second-order valence-electron chi connectivity index (χ2n) is 7.76. The van der Waals surface area contributed by atoms with E-state index < -0.39 is 6.03 Å². The number of amides is 5. The zero-order valence-electron chi connectivity index (χ0n) is 18.7. The van der Waals surface area contributed by atoms with Gasteiger partial charge < -0.3 is 20.7 Å². The zero-order valence-corrected chi connectivity index (χ0v) is 18.7. The van der Waals surface area contributed by atoms with E-state index in [0.717, 1.165) is 16.9 Å². The maximum Gasteiger partial charge on any atom is 0.324 e. The van der Waals surface area contributed by atoms with E-state index >= 15 is 0 Å². The summed E-state index contributed by atoms with van der Waals surface area (Å²) in [5.41, 5.74) is 2.17. The van der Waals surface area contributed by atoms with E-state index in [1.165, 1.54) is 0 Å². The highest BCUT2D eigenvalue weighted by molar-refractivity contribution is 6.02. The lowest BCUT2D eigenvalue weighted by Gasteiger charge is -2.15. The molecule has 3 N–H and O–H groups in total. The minimum absolute atomic E-state index is 0.00684. The fourth-order valence-corrected chi connectivity index (χ4v) is 3.33. The lowest BCUT2D eigenvalue weighted by Crippen LogP contribution is -2.33. The number of hydrogen-bond donors (Lipinski definition) is 3. The number of carbonyl (C=O) groups is 4. The molecule has 1 aliphatic rings. The van der Waals surface area contributed by atoms with Gasteiger partial charge in [-0.1, -0.05) is 32.0 Å². The largest absolute Gasteiger partial charge is 0.483 e. The average molecular weight is 453 g/mol. The molecule has 0 aliphatic carbocycles. The highest BCUT2D eigenvalue weighted by Gasteiger charge is 2.28. The zero-order chi connectivity index (χ0) is 23.8. The van der Waals surface area contributed by atoms with E-state index in [9.17, 15) is 19.2 Å². The first kappa shape index (κ1) is 23.8. The van der Waals surface area contributed by atoms with Gasteiger partial charge in [-0.25, -0.2) is 4.79 Å². The van der Waals surface area contributed by atoms with Crippen molar-refractivity contribution in [3.63, 3.8) is 0 Å². The first-order chi connectivity index (χ1) is 15.9. The number of imide groups is 1. The van der Waals surface area contributed by atoms with E-state index in [-0.39, 0.29) is 43.8 Å². The van der Waals surface area contributed by atoms with Crippen LogP contribution in [-0.4, -0.2) is 48.3 Å². The van der Waals surface area contributed by atoms with Crippen LogP contribution in [-0.2, 0) is 14.4 Å². The quantitative estimate of drug-likeness (QED) is 0.479. The van der Waals surface area contributed by atoms with Gasteiger partial charge in [0.15, 0.2) is 6.61 Å². The fourth-order valence-electron chi connectivity index (χ4n) is 3.33. The lowest BCUT2D eigenvalue weighted by atomic mass is 9.98. The molecule has 0 radical (unpaired) electrons. The van der Waals surface area contributed by atoms with Gasteiger partial charge in [0.25, 0.3) is 5.91 Å². The summed E-state index contributed by atoms with van der Waals surface area (Å²) in [5.74, 6) is 0.0698. The third kappa shape index (κ3) is 6.55. The Morgan fingerprint density at radius 3 is 2.27 bits per heavy atom. The Labute approximate surface area is 192 Å². The predicted octanol–water partition coefficient (Wildman–Crippen LogP) is 3.10. The topological polar surface area (TPSA) is 117 Å². The number of ether oxygens (including phenoxy) is 1. The van der Waals surface area contributed by atoms with Crippen molar-refractivity contribution in [2.45, 2.75) is 32.6 Å². The molecule has 0 bridgehead atoms. The summed E-state index contributed by atoms with van der Waals surface area (Å²) in [6.45, 7) is 4.08. The van der Waals surface area contributed by atoms with Gasteiger partial charge in [-0.3, -0.25) is 19.3 Å². The minimum Gasteiger partial charge on any atom is -0.483 e. The third-order valence-corrected chi connectivity index (χ3v) is 5.37. The summed E-state index contributed by atoms with van der Waals surface area (Å²) in [6.07, 6.45) is 0.967. The third-order valence-electron chi connectivity index (χ3n) is 5.37. The van der Waals surface area contributed by atoms with Gasteiger partial charge in [-0.2, -0.15) is 0 Å². The van der Waals surface area contributed by atoms with Crippen molar-refractivity contribution < 1.29 is 23.9 Å². The highest BCUT2D eigenvalue weighted by atomic mass is 16.5. The van der Waals surface area contributed by atoms with E-state index in [2.05, 4.69) is 29.8 Å². The van der Waals surface area contributed by atoms with Crippen molar-refractivity contribution >= 4 is 35.1 Å². The van der Waals surface area contributed by atoms with Gasteiger partial charge in [0.05, 0.1) is 6.54 Å². The molecule has 0 saturated carbocycles. The number of nitrogens with zero attached hydrogens (tertiary/aromatic N) is 1. The lowest BCUT2D eigenvalue weighted by molar-refractivity contribution is -0.125. The van der Waals surface area contributed by atoms with Crippen molar-refractivity contribution in [1.82, 2.24) is 10.2 Å². The Morgan fingerprint density at radius 2 is 1.67 bits per heavy atom. The van der Waals surface area contributed by atoms with Crippen molar-refractivity contribution in [2.75, 3.05) is 30.3 Å². The predicted molar refractivity (Wildman–Crippen MR) is 124 cm³/mol. The monoisotopic (exact) mass is 452 g/mol. The second-order valence-corrected chi connectivity index (χ2v) is 7.76. The van der Waals surface area contributed by atoms with Gasteiger partial charge >= 0.3 is 6.03 Å². The van der Waals surface area contributed by atoms with Crippen LogP contribution in [0.5, 0.6) is 5.75 Å². The summed E-state index contributed by atoms with van der Waals surface area (Å²) in [6, 6.07) is 13.8. The van der Waals surface area contributed by atoms with Crippen molar-refractivity contribution in [2.24, 2.45) is 0 Å². The molecule has 1 aliphatic heterocycles. The Bertz CT molecular complexity index is 1010.